The van der Waals surface area contributed by atoms with Gasteiger partial charge in [-0.2, -0.15) is 0 Å². The van der Waals surface area contributed by atoms with Crippen molar-refractivity contribution in [3.63, 3.8) is 0 Å². The normalized spacial score (nSPS) is 25.9. The number of hydrogen-bond donors (Lipinski definition) is 1. The molecule has 0 aliphatic carbocycles. The summed E-state index contributed by atoms with van der Waals surface area (Å²) in [6, 6.07) is -0.664. The fourth-order valence-electron chi connectivity index (χ4n) is 2.96. The summed E-state index contributed by atoms with van der Waals surface area (Å²) in [6.07, 6.45) is 1.94. The molecule has 4 nitrogen and oxygen atoms in total. The van der Waals surface area contributed by atoms with Crippen LogP contribution in [0, 0.1) is 11.3 Å². The summed E-state index contributed by atoms with van der Waals surface area (Å²) in [5.41, 5.74) is -0.265. The maximum absolute atomic E-state index is 12.9. The molecule has 0 aromatic rings. The van der Waals surface area contributed by atoms with Crippen LogP contribution in [0.1, 0.15) is 61.3 Å². The number of nitrogens with one attached hydrogen (secondary N) is 1. The van der Waals surface area contributed by atoms with E-state index in [-0.39, 0.29) is 35.2 Å². The van der Waals surface area contributed by atoms with E-state index in [1.807, 2.05) is 39.5 Å². The Balaban J connectivity index is 3.14. The highest BCUT2D eigenvalue weighted by Crippen LogP contribution is 2.29. The van der Waals surface area contributed by atoms with Crippen LogP contribution in [-0.4, -0.2) is 34.8 Å². The first kappa shape index (κ1) is 17.0. The molecule has 20 heavy (non-hydrogen) atoms. The van der Waals surface area contributed by atoms with E-state index in [0.717, 1.165) is 12.8 Å². The van der Waals surface area contributed by atoms with Crippen LogP contribution < -0.4 is 5.32 Å². The van der Waals surface area contributed by atoms with Crippen molar-refractivity contribution in [1.82, 2.24) is 10.2 Å². The van der Waals surface area contributed by atoms with Crippen LogP contribution in [0.2, 0.25) is 0 Å². The molecule has 2 amide bonds. The topological polar surface area (TPSA) is 49.4 Å². The molecular formula is C16H30N2O2. The van der Waals surface area contributed by atoms with Gasteiger partial charge in [0.25, 0.3) is 0 Å². The molecule has 0 saturated carbocycles. The molecule has 0 bridgehead atoms. The van der Waals surface area contributed by atoms with E-state index >= 15 is 0 Å². The Morgan fingerprint density at radius 1 is 1.20 bits per heavy atom. The van der Waals surface area contributed by atoms with Gasteiger partial charge in [-0.25, -0.2) is 0 Å². The Morgan fingerprint density at radius 3 is 2.15 bits per heavy atom. The van der Waals surface area contributed by atoms with Crippen LogP contribution in [0.3, 0.4) is 0 Å². The van der Waals surface area contributed by atoms with Crippen molar-refractivity contribution in [2.75, 3.05) is 0 Å². The molecule has 0 spiro atoms. The van der Waals surface area contributed by atoms with Crippen LogP contribution in [0.5, 0.6) is 0 Å². The number of amides is 2. The van der Waals surface area contributed by atoms with Gasteiger partial charge in [0.2, 0.25) is 11.8 Å². The molecule has 1 N–H and O–H groups in total. The van der Waals surface area contributed by atoms with E-state index < -0.39 is 6.04 Å². The predicted octanol–water partition coefficient (Wildman–Crippen LogP) is 2.57. The summed E-state index contributed by atoms with van der Waals surface area (Å²) in [5.74, 6) is 0.179. The second-order valence-electron chi connectivity index (χ2n) is 7.38. The quantitative estimate of drug-likeness (QED) is 0.861. The first-order valence-corrected chi connectivity index (χ1v) is 7.73. The molecule has 1 rings (SSSR count). The summed E-state index contributed by atoms with van der Waals surface area (Å²) in [4.78, 5) is 27.1. The highest BCUT2D eigenvalue weighted by atomic mass is 16.2. The second-order valence-corrected chi connectivity index (χ2v) is 7.38. The van der Waals surface area contributed by atoms with E-state index in [9.17, 15) is 9.59 Å². The zero-order chi connectivity index (χ0) is 15.7. The molecule has 1 saturated heterocycles. The Hall–Kier alpha value is -1.06. The monoisotopic (exact) mass is 282 g/mol. The van der Waals surface area contributed by atoms with Crippen LogP contribution in [0.4, 0.5) is 0 Å². The van der Waals surface area contributed by atoms with Gasteiger partial charge >= 0.3 is 0 Å². The molecular weight excluding hydrogens is 252 g/mol. The minimum Gasteiger partial charge on any atom is -0.342 e. The second kappa shape index (κ2) is 6.15. The van der Waals surface area contributed by atoms with Gasteiger partial charge in [-0.1, -0.05) is 48.0 Å². The molecule has 4 heteroatoms. The van der Waals surface area contributed by atoms with Crippen LogP contribution in [0.25, 0.3) is 0 Å². The third kappa shape index (κ3) is 3.33. The predicted molar refractivity (Wildman–Crippen MR) is 81.2 cm³/mol. The van der Waals surface area contributed by atoms with E-state index in [1.54, 1.807) is 0 Å². The standard InChI is InChI=1S/C16H30N2O2/c1-8-9-11(4)18-12(10(2)3)14(19)17-13(15(18)20)16(5,6)7/h10-13H,8-9H2,1-7H3,(H,17,19). The summed E-state index contributed by atoms with van der Waals surface area (Å²) in [6.45, 7) is 14.1. The number of rotatable bonds is 4. The maximum Gasteiger partial charge on any atom is 0.246 e. The lowest BCUT2D eigenvalue weighted by atomic mass is 9.82. The minimum absolute atomic E-state index is 0.0116. The molecule has 0 aromatic heterocycles. The van der Waals surface area contributed by atoms with Crippen molar-refractivity contribution in [3.8, 4) is 0 Å². The summed E-state index contributed by atoms with van der Waals surface area (Å²) >= 11 is 0. The van der Waals surface area contributed by atoms with Gasteiger partial charge in [-0.15, -0.1) is 0 Å². The number of carbonyl (C=O) groups excluding carboxylic acids is 2. The maximum atomic E-state index is 12.9. The molecule has 116 valence electrons. The molecule has 0 aromatic carbocycles. The average molecular weight is 282 g/mol. The van der Waals surface area contributed by atoms with Gasteiger partial charge in [-0.3, -0.25) is 9.59 Å². The van der Waals surface area contributed by atoms with Gasteiger partial charge in [0.05, 0.1) is 0 Å². The smallest absolute Gasteiger partial charge is 0.246 e. The first-order valence-electron chi connectivity index (χ1n) is 7.73. The van der Waals surface area contributed by atoms with Crippen molar-refractivity contribution < 1.29 is 9.59 Å². The van der Waals surface area contributed by atoms with Gasteiger partial charge in [-0.05, 0) is 24.7 Å². The number of piperazine rings is 1. The Labute approximate surface area is 123 Å². The highest BCUT2D eigenvalue weighted by molar-refractivity contribution is 5.97. The van der Waals surface area contributed by atoms with E-state index in [4.69, 9.17) is 0 Å². The van der Waals surface area contributed by atoms with Crippen LogP contribution in [-0.2, 0) is 9.59 Å². The van der Waals surface area contributed by atoms with Crippen molar-refractivity contribution >= 4 is 11.8 Å². The minimum atomic E-state index is -0.427. The lowest BCUT2D eigenvalue weighted by Gasteiger charge is -2.47. The highest BCUT2D eigenvalue weighted by Gasteiger charge is 2.47. The fourth-order valence-corrected chi connectivity index (χ4v) is 2.96. The zero-order valence-corrected chi connectivity index (χ0v) is 14.0. The Morgan fingerprint density at radius 2 is 1.75 bits per heavy atom. The molecule has 1 aliphatic rings. The number of hydrogen-bond acceptors (Lipinski definition) is 2. The molecule has 0 radical (unpaired) electrons. The molecule has 3 atom stereocenters. The number of carbonyl (C=O) groups is 2. The van der Waals surface area contributed by atoms with Crippen molar-refractivity contribution in [3.05, 3.63) is 0 Å². The summed E-state index contributed by atoms with van der Waals surface area (Å²) < 4.78 is 0. The van der Waals surface area contributed by atoms with Gasteiger partial charge in [0.15, 0.2) is 0 Å². The third-order valence-electron chi connectivity index (χ3n) is 4.04. The van der Waals surface area contributed by atoms with Gasteiger partial charge in [0.1, 0.15) is 12.1 Å². The molecule has 3 unspecified atom stereocenters. The van der Waals surface area contributed by atoms with Gasteiger partial charge < -0.3 is 10.2 Å². The lowest BCUT2D eigenvalue weighted by Crippen LogP contribution is -2.69. The third-order valence-corrected chi connectivity index (χ3v) is 4.04. The van der Waals surface area contributed by atoms with Crippen molar-refractivity contribution in [2.45, 2.75) is 79.4 Å². The van der Waals surface area contributed by atoms with Crippen molar-refractivity contribution in [1.29, 1.82) is 0 Å². The molecule has 1 heterocycles. The average Bonchev–Trinajstić information content (AvgIpc) is 2.29. The summed E-state index contributed by atoms with van der Waals surface area (Å²) in [5, 5.41) is 2.93. The summed E-state index contributed by atoms with van der Waals surface area (Å²) in [7, 11) is 0. The molecule has 1 aliphatic heterocycles. The lowest BCUT2D eigenvalue weighted by molar-refractivity contribution is -0.157. The Kier molecular flexibility index (Phi) is 5.22. The van der Waals surface area contributed by atoms with Crippen LogP contribution >= 0.6 is 0 Å². The fraction of sp³-hybridized carbons (Fsp3) is 0.875. The van der Waals surface area contributed by atoms with E-state index in [0.29, 0.717) is 0 Å². The molecule has 1 fully saturated rings. The first-order chi connectivity index (χ1) is 9.11. The van der Waals surface area contributed by atoms with Gasteiger partial charge in [0, 0.05) is 6.04 Å². The van der Waals surface area contributed by atoms with E-state index in [1.165, 1.54) is 0 Å². The Bertz CT molecular complexity index is 371. The number of nitrogens with zero attached hydrogens (tertiary/aromatic N) is 1. The van der Waals surface area contributed by atoms with E-state index in [2.05, 4.69) is 19.2 Å². The van der Waals surface area contributed by atoms with Crippen LogP contribution in [0.15, 0.2) is 0 Å². The zero-order valence-electron chi connectivity index (χ0n) is 14.0. The van der Waals surface area contributed by atoms with Crippen molar-refractivity contribution in [2.24, 2.45) is 11.3 Å². The largest absolute Gasteiger partial charge is 0.342 e. The SMILES string of the molecule is CCCC(C)N1C(=O)C(C(C)(C)C)NC(=O)C1C(C)C.